The van der Waals surface area contributed by atoms with Crippen LogP contribution in [0.15, 0.2) is 55.2 Å². The van der Waals surface area contributed by atoms with Crippen molar-refractivity contribution in [3.05, 3.63) is 66.9 Å². The Morgan fingerprint density at radius 3 is 2.64 bits per heavy atom. The Morgan fingerprint density at radius 1 is 1.06 bits per heavy atom. The zero-order valence-corrected chi connectivity index (χ0v) is 20.4. The van der Waals surface area contributed by atoms with Crippen molar-refractivity contribution in [3.8, 4) is 22.8 Å². The van der Waals surface area contributed by atoms with Crippen molar-refractivity contribution in [1.29, 1.82) is 0 Å². The molecule has 5 rings (SSSR count). The lowest BCUT2D eigenvalue weighted by Crippen LogP contribution is -2.22. The third kappa shape index (κ3) is 4.30. The number of fused-ring (bicyclic) bond motifs is 1. The normalized spacial score (nSPS) is 11.1. The number of hydrogen-bond donors (Lipinski definition) is 0. The molecule has 1 aromatic carbocycles. The Bertz CT molecular complexity index is 1530. The van der Waals surface area contributed by atoms with Crippen LogP contribution in [0.1, 0.15) is 12.7 Å². The van der Waals surface area contributed by atoms with Crippen LogP contribution in [0.25, 0.3) is 22.4 Å². The highest BCUT2D eigenvalue weighted by molar-refractivity contribution is 5.77. The van der Waals surface area contributed by atoms with E-state index >= 15 is 4.39 Å². The van der Waals surface area contributed by atoms with E-state index in [0.717, 1.165) is 17.9 Å². The number of halogens is 1. The zero-order valence-electron chi connectivity index (χ0n) is 20.4. The molecule has 0 aliphatic carbocycles. The standard InChI is InChI=1S/C25H25FN8O2/c1-5-33-9-8-27-23(33)15-34(20-10-17(35-3)11-21(36-4)24(20)26)22-7-6-18-25(31-22)30-19(13-28-18)16-12-29-32(2)14-16/h6-14H,5,15H2,1-4H3. The Balaban J connectivity index is 1.66. The van der Waals surface area contributed by atoms with Gasteiger partial charge in [0, 0.05) is 49.9 Å². The highest BCUT2D eigenvalue weighted by atomic mass is 19.1. The second kappa shape index (κ2) is 9.61. The molecule has 0 radical (unpaired) electrons. The maximum Gasteiger partial charge on any atom is 0.188 e. The topological polar surface area (TPSA) is 96.0 Å². The quantitative estimate of drug-likeness (QED) is 0.322. The summed E-state index contributed by atoms with van der Waals surface area (Å²) in [7, 11) is 4.78. The SMILES string of the molecule is CCn1ccnc1CN(c1ccc2ncc(-c3cnn(C)c3)nc2n1)c1cc(OC)cc(OC)c1F. The fourth-order valence-electron chi connectivity index (χ4n) is 3.96. The van der Waals surface area contributed by atoms with E-state index in [0.29, 0.717) is 28.4 Å². The van der Waals surface area contributed by atoms with Crippen LogP contribution in [-0.4, -0.2) is 48.5 Å². The van der Waals surface area contributed by atoms with E-state index in [1.807, 2.05) is 37.0 Å². The van der Waals surface area contributed by atoms with Gasteiger partial charge in [0.15, 0.2) is 17.2 Å². The highest BCUT2D eigenvalue weighted by Gasteiger charge is 2.23. The molecule has 36 heavy (non-hydrogen) atoms. The predicted molar refractivity (Wildman–Crippen MR) is 133 cm³/mol. The molecule has 0 saturated carbocycles. The molecule has 0 amide bonds. The van der Waals surface area contributed by atoms with Crippen molar-refractivity contribution in [2.24, 2.45) is 7.05 Å². The Hall–Kier alpha value is -4.54. The van der Waals surface area contributed by atoms with E-state index in [1.54, 1.807) is 40.3 Å². The van der Waals surface area contributed by atoms with Gasteiger partial charge in [-0.1, -0.05) is 0 Å². The lowest BCUT2D eigenvalue weighted by atomic mass is 10.2. The monoisotopic (exact) mass is 488 g/mol. The number of methoxy groups -OCH3 is 2. The molecule has 4 heterocycles. The molecule has 0 atom stereocenters. The van der Waals surface area contributed by atoms with Crippen LogP contribution < -0.4 is 14.4 Å². The molecule has 0 saturated heterocycles. The Labute approximate surface area is 207 Å². The minimum atomic E-state index is -0.537. The summed E-state index contributed by atoms with van der Waals surface area (Å²) in [4.78, 5) is 20.2. The molecule has 4 aromatic heterocycles. The molecule has 5 aromatic rings. The molecule has 0 N–H and O–H groups in total. The second-order valence-corrected chi connectivity index (χ2v) is 8.05. The van der Waals surface area contributed by atoms with E-state index < -0.39 is 5.82 Å². The van der Waals surface area contributed by atoms with Gasteiger partial charge in [-0.15, -0.1) is 0 Å². The number of ether oxygens (including phenoxy) is 2. The van der Waals surface area contributed by atoms with Crippen LogP contribution in [0, 0.1) is 5.82 Å². The molecule has 0 aliphatic heterocycles. The fraction of sp³-hybridized carbons (Fsp3) is 0.240. The summed E-state index contributed by atoms with van der Waals surface area (Å²) >= 11 is 0. The maximum atomic E-state index is 15.6. The lowest BCUT2D eigenvalue weighted by Gasteiger charge is -2.25. The number of aromatic nitrogens is 7. The first-order valence-electron chi connectivity index (χ1n) is 11.3. The highest BCUT2D eigenvalue weighted by Crippen LogP contribution is 2.37. The molecule has 0 spiro atoms. The van der Waals surface area contributed by atoms with Gasteiger partial charge in [-0.3, -0.25) is 9.67 Å². The molecule has 0 aliphatic rings. The zero-order chi connectivity index (χ0) is 25.2. The average molecular weight is 489 g/mol. The van der Waals surface area contributed by atoms with Gasteiger partial charge in [-0.2, -0.15) is 5.10 Å². The number of pyridine rings is 1. The minimum absolute atomic E-state index is 0.0626. The van der Waals surface area contributed by atoms with Crippen molar-refractivity contribution in [3.63, 3.8) is 0 Å². The Kier molecular flexibility index (Phi) is 6.19. The summed E-state index contributed by atoms with van der Waals surface area (Å²) in [5.74, 6) is 1.19. The van der Waals surface area contributed by atoms with Crippen molar-refractivity contribution in [2.75, 3.05) is 19.1 Å². The van der Waals surface area contributed by atoms with Gasteiger partial charge in [-0.05, 0) is 19.1 Å². The summed E-state index contributed by atoms with van der Waals surface area (Å²) in [6, 6.07) is 6.71. The largest absolute Gasteiger partial charge is 0.497 e. The van der Waals surface area contributed by atoms with Gasteiger partial charge in [-0.25, -0.2) is 19.3 Å². The number of anilines is 2. The lowest BCUT2D eigenvalue weighted by molar-refractivity contribution is 0.374. The van der Waals surface area contributed by atoms with Gasteiger partial charge >= 0.3 is 0 Å². The molecular weight excluding hydrogens is 463 g/mol. The number of benzene rings is 1. The van der Waals surface area contributed by atoms with Crippen LogP contribution in [0.4, 0.5) is 15.9 Å². The molecular formula is C25H25FN8O2. The third-order valence-corrected chi connectivity index (χ3v) is 5.85. The molecule has 11 heteroatoms. The smallest absolute Gasteiger partial charge is 0.188 e. The van der Waals surface area contributed by atoms with Gasteiger partial charge in [0.1, 0.15) is 22.9 Å². The van der Waals surface area contributed by atoms with Crippen molar-refractivity contribution in [1.82, 2.24) is 34.3 Å². The van der Waals surface area contributed by atoms with Gasteiger partial charge in [0.05, 0.1) is 44.5 Å². The van der Waals surface area contributed by atoms with Gasteiger partial charge < -0.3 is 18.9 Å². The molecule has 0 bridgehead atoms. The molecule has 0 unspecified atom stereocenters. The minimum Gasteiger partial charge on any atom is -0.497 e. The fourth-order valence-corrected chi connectivity index (χ4v) is 3.96. The number of aryl methyl sites for hydroxylation is 2. The molecule has 0 fully saturated rings. The van der Waals surface area contributed by atoms with Crippen LogP contribution in [0.3, 0.4) is 0 Å². The second-order valence-electron chi connectivity index (χ2n) is 8.05. The van der Waals surface area contributed by atoms with Crippen molar-refractivity contribution >= 4 is 22.7 Å². The number of nitrogens with zero attached hydrogens (tertiary/aromatic N) is 8. The number of hydrogen-bond acceptors (Lipinski definition) is 8. The van der Waals surface area contributed by atoms with E-state index in [-0.39, 0.29) is 18.0 Å². The Morgan fingerprint density at radius 2 is 1.92 bits per heavy atom. The van der Waals surface area contributed by atoms with Gasteiger partial charge in [0.25, 0.3) is 0 Å². The summed E-state index contributed by atoms with van der Waals surface area (Å²) < 4.78 is 30.0. The summed E-state index contributed by atoms with van der Waals surface area (Å²) in [6.07, 6.45) is 8.86. The first kappa shape index (κ1) is 23.2. The number of rotatable bonds is 8. The van der Waals surface area contributed by atoms with E-state index in [2.05, 4.69) is 15.1 Å². The summed E-state index contributed by atoms with van der Waals surface area (Å²) in [6.45, 7) is 3.00. The average Bonchev–Trinajstić information content (AvgIpc) is 3.55. The predicted octanol–water partition coefficient (Wildman–Crippen LogP) is 4.14. The van der Waals surface area contributed by atoms with Crippen LogP contribution in [0.5, 0.6) is 11.5 Å². The van der Waals surface area contributed by atoms with E-state index in [4.69, 9.17) is 19.4 Å². The van der Waals surface area contributed by atoms with E-state index in [1.165, 1.54) is 20.3 Å². The first-order valence-corrected chi connectivity index (χ1v) is 11.3. The van der Waals surface area contributed by atoms with Crippen LogP contribution in [0.2, 0.25) is 0 Å². The molecule has 184 valence electrons. The van der Waals surface area contributed by atoms with Crippen LogP contribution >= 0.6 is 0 Å². The van der Waals surface area contributed by atoms with Crippen molar-refractivity contribution in [2.45, 2.75) is 20.0 Å². The third-order valence-electron chi connectivity index (χ3n) is 5.85. The molecule has 10 nitrogen and oxygen atoms in total. The first-order chi connectivity index (χ1) is 17.5. The summed E-state index contributed by atoms with van der Waals surface area (Å²) in [5.41, 5.74) is 2.74. The van der Waals surface area contributed by atoms with Crippen LogP contribution in [-0.2, 0) is 20.1 Å². The number of imidazole rings is 1. The maximum absolute atomic E-state index is 15.6. The summed E-state index contributed by atoms with van der Waals surface area (Å²) in [5, 5.41) is 4.20. The van der Waals surface area contributed by atoms with Gasteiger partial charge in [0.2, 0.25) is 0 Å². The van der Waals surface area contributed by atoms with E-state index in [9.17, 15) is 0 Å². The van der Waals surface area contributed by atoms with Crippen molar-refractivity contribution < 1.29 is 13.9 Å².